The molecule has 0 atom stereocenters. The Morgan fingerprint density at radius 2 is 1.79 bits per heavy atom. The van der Waals surface area contributed by atoms with Gasteiger partial charge in [0.25, 0.3) is 0 Å². The fraction of sp³-hybridized carbons (Fsp3) is 0.174. The third-order valence-corrected chi connectivity index (χ3v) is 4.43. The van der Waals surface area contributed by atoms with Crippen molar-refractivity contribution < 1.29 is 14.2 Å². The molecule has 0 amide bonds. The molecule has 3 aromatic carbocycles. The third kappa shape index (κ3) is 3.78. The second-order valence-corrected chi connectivity index (χ2v) is 6.34. The fourth-order valence-electron chi connectivity index (χ4n) is 3.06. The van der Waals surface area contributed by atoms with Gasteiger partial charge in [0.05, 0.1) is 24.8 Å². The minimum atomic E-state index is 0.432. The molecule has 5 nitrogen and oxygen atoms in total. The van der Waals surface area contributed by atoms with E-state index in [1.807, 2.05) is 73.7 Å². The molecule has 0 unspecified atom stereocenters. The van der Waals surface area contributed by atoms with Crippen LogP contribution in [0.4, 0.5) is 0 Å². The predicted octanol–water partition coefficient (Wildman–Crippen LogP) is 5.22. The molecule has 0 spiro atoms. The van der Waals surface area contributed by atoms with Crippen LogP contribution >= 0.6 is 0 Å². The number of nitrogens with one attached hydrogen (secondary N) is 1. The van der Waals surface area contributed by atoms with Gasteiger partial charge in [-0.2, -0.15) is 0 Å². The molecule has 0 bridgehead atoms. The number of rotatable bonds is 7. The van der Waals surface area contributed by atoms with E-state index < -0.39 is 0 Å². The molecule has 5 heteroatoms. The number of benzene rings is 3. The van der Waals surface area contributed by atoms with E-state index >= 15 is 0 Å². The molecule has 0 fully saturated rings. The van der Waals surface area contributed by atoms with Crippen LogP contribution in [0.1, 0.15) is 12.5 Å². The highest BCUT2D eigenvalue weighted by Gasteiger charge is 2.11. The lowest BCUT2D eigenvalue weighted by Gasteiger charge is -2.13. The Kier molecular flexibility index (Phi) is 5.15. The van der Waals surface area contributed by atoms with Crippen LogP contribution < -0.4 is 14.2 Å². The van der Waals surface area contributed by atoms with Gasteiger partial charge in [-0.15, -0.1) is 0 Å². The van der Waals surface area contributed by atoms with Gasteiger partial charge in [0.2, 0.25) is 0 Å². The predicted molar refractivity (Wildman–Crippen MR) is 110 cm³/mol. The van der Waals surface area contributed by atoms with Crippen LogP contribution in [0, 0.1) is 0 Å². The van der Waals surface area contributed by atoms with Crippen LogP contribution in [0.15, 0.2) is 66.7 Å². The fourth-order valence-corrected chi connectivity index (χ4v) is 3.06. The Morgan fingerprint density at radius 1 is 0.893 bits per heavy atom. The quantitative estimate of drug-likeness (QED) is 0.482. The molecule has 4 rings (SSSR count). The number of methoxy groups -OCH3 is 1. The molecule has 1 aromatic heterocycles. The molecule has 142 valence electrons. The van der Waals surface area contributed by atoms with Crippen LogP contribution in [0.25, 0.3) is 22.4 Å². The minimum Gasteiger partial charge on any atom is -0.497 e. The van der Waals surface area contributed by atoms with Gasteiger partial charge in [-0.1, -0.05) is 24.3 Å². The van der Waals surface area contributed by atoms with Crippen LogP contribution in [0.3, 0.4) is 0 Å². The van der Waals surface area contributed by atoms with Crippen LogP contribution in [-0.2, 0) is 6.61 Å². The number of imidazole rings is 1. The summed E-state index contributed by atoms with van der Waals surface area (Å²) in [4.78, 5) is 8.01. The van der Waals surface area contributed by atoms with Crippen LogP contribution in [0.2, 0.25) is 0 Å². The van der Waals surface area contributed by atoms with Gasteiger partial charge in [0, 0.05) is 5.56 Å². The van der Waals surface area contributed by atoms with Crippen molar-refractivity contribution >= 4 is 11.0 Å². The molecule has 0 aliphatic rings. The summed E-state index contributed by atoms with van der Waals surface area (Å²) >= 11 is 0. The van der Waals surface area contributed by atoms with E-state index in [-0.39, 0.29) is 0 Å². The van der Waals surface area contributed by atoms with Gasteiger partial charge >= 0.3 is 0 Å². The zero-order chi connectivity index (χ0) is 19.3. The van der Waals surface area contributed by atoms with Crippen molar-refractivity contribution in [3.63, 3.8) is 0 Å². The summed E-state index contributed by atoms with van der Waals surface area (Å²) in [6.45, 7) is 2.94. The van der Waals surface area contributed by atoms with Gasteiger partial charge in [-0.3, -0.25) is 0 Å². The minimum absolute atomic E-state index is 0.432. The van der Waals surface area contributed by atoms with Crippen molar-refractivity contribution in [2.45, 2.75) is 13.5 Å². The summed E-state index contributed by atoms with van der Waals surface area (Å²) in [6, 6.07) is 21.7. The molecule has 0 aliphatic carbocycles. The molecule has 1 N–H and O–H groups in total. The molecule has 0 saturated heterocycles. The van der Waals surface area contributed by atoms with Crippen molar-refractivity contribution in [1.82, 2.24) is 9.97 Å². The molecule has 1 heterocycles. The van der Waals surface area contributed by atoms with Gasteiger partial charge in [-0.25, -0.2) is 4.98 Å². The first-order valence-electron chi connectivity index (χ1n) is 9.24. The highest BCUT2D eigenvalue weighted by molar-refractivity contribution is 5.79. The topological polar surface area (TPSA) is 56.4 Å². The Labute approximate surface area is 163 Å². The lowest BCUT2D eigenvalue weighted by atomic mass is 10.2. The zero-order valence-corrected chi connectivity index (χ0v) is 15.9. The van der Waals surface area contributed by atoms with E-state index in [1.165, 1.54) is 0 Å². The summed E-state index contributed by atoms with van der Waals surface area (Å²) in [5.41, 5.74) is 3.93. The SMILES string of the molecule is CCOc1cc(-c2nc3ccccc3[nH]2)ccc1OCc1cccc(OC)c1. The van der Waals surface area contributed by atoms with Crippen LogP contribution in [-0.4, -0.2) is 23.7 Å². The van der Waals surface area contributed by atoms with Gasteiger partial charge in [0.1, 0.15) is 18.2 Å². The maximum absolute atomic E-state index is 6.01. The Balaban J connectivity index is 1.59. The largest absolute Gasteiger partial charge is 0.497 e. The van der Waals surface area contributed by atoms with Crippen molar-refractivity contribution in [3.05, 3.63) is 72.3 Å². The molecule has 0 saturated carbocycles. The number of aromatic nitrogens is 2. The lowest BCUT2D eigenvalue weighted by Crippen LogP contribution is -2.00. The lowest BCUT2D eigenvalue weighted by molar-refractivity contribution is 0.269. The molecular weight excluding hydrogens is 352 g/mol. The number of nitrogens with zero attached hydrogens (tertiary/aromatic N) is 1. The number of ether oxygens (including phenoxy) is 3. The van der Waals surface area contributed by atoms with Crippen molar-refractivity contribution in [1.29, 1.82) is 0 Å². The van der Waals surface area contributed by atoms with Crippen molar-refractivity contribution in [3.8, 4) is 28.6 Å². The number of hydrogen-bond acceptors (Lipinski definition) is 4. The summed E-state index contributed by atoms with van der Waals surface area (Å²) in [5.74, 6) is 3.01. The van der Waals surface area contributed by atoms with E-state index in [0.29, 0.717) is 24.7 Å². The van der Waals surface area contributed by atoms with Gasteiger partial charge in [-0.05, 0) is 55.0 Å². The normalized spacial score (nSPS) is 10.8. The first-order chi connectivity index (χ1) is 13.8. The van der Waals surface area contributed by atoms with Gasteiger partial charge < -0.3 is 19.2 Å². The number of H-pyrrole nitrogens is 1. The van der Waals surface area contributed by atoms with E-state index in [1.54, 1.807) is 7.11 Å². The van der Waals surface area contributed by atoms with Crippen molar-refractivity contribution in [2.75, 3.05) is 13.7 Å². The number of hydrogen-bond donors (Lipinski definition) is 1. The standard InChI is InChI=1S/C23H22N2O3/c1-3-27-22-14-17(23-24-19-9-4-5-10-20(19)25-23)11-12-21(22)28-15-16-7-6-8-18(13-16)26-2/h4-14H,3,15H2,1-2H3,(H,24,25). The Bertz CT molecular complexity index is 1060. The highest BCUT2D eigenvalue weighted by atomic mass is 16.5. The number of fused-ring (bicyclic) bond motifs is 1. The smallest absolute Gasteiger partial charge is 0.161 e. The molecule has 28 heavy (non-hydrogen) atoms. The van der Waals surface area contributed by atoms with E-state index in [4.69, 9.17) is 14.2 Å². The molecule has 0 aliphatic heterocycles. The van der Waals surface area contributed by atoms with E-state index in [2.05, 4.69) is 9.97 Å². The van der Waals surface area contributed by atoms with Crippen LogP contribution in [0.5, 0.6) is 17.2 Å². The first-order valence-corrected chi connectivity index (χ1v) is 9.24. The van der Waals surface area contributed by atoms with Crippen molar-refractivity contribution in [2.24, 2.45) is 0 Å². The molecular formula is C23H22N2O3. The Hall–Kier alpha value is -3.47. The number of aromatic amines is 1. The van der Waals surface area contributed by atoms with E-state index in [0.717, 1.165) is 33.7 Å². The zero-order valence-electron chi connectivity index (χ0n) is 15.9. The summed E-state index contributed by atoms with van der Waals surface area (Å²) in [5, 5.41) is 0. The highest BCUT2D eigenvalue weighted by Crippen LogP contribution is 2.33. The summed E-state index contributed by atoms with van der Waals surface area (Å²) < 4.78 is 17.1. The van der Waals surface area contributed by atoms with E-state index in [9.17, 15) is 0 Å². The average molecular weight is 374 g/mol. The second kappa shape index (κ2) is 8.05. The number of para-hydroxylation sites is 2. The third-order valence-electron chi connectivity index (χ3n) is 4.43. The summed E-state index contributed by atoms with van der Waals surface area (Å²) in [6.07, 6.45) is 0. The first kappa shape index (κ1) is 17.9. The maximum Gasteiger partial charge on any atom is 0.161 e. The monoisotopic (exact) mass is 374 g/mol. The molecule has 4 aromatic rings. The van der Waals surface area contributed by atoms with Gasteiger partial charge in [0.15, 0.2) is 11.5 Å². The average Bonchev–Trinajstić information content (AvgIpc) is 3.17. The Morgan fingerprint density at radius 3 is 2.61 bits per heavy atom. The summed E-state index contributed by atoms with van der Waals surface area (Å²) in [7, 11) is 1.66. The maximum atomic E-state index is 6.01. The molecule has 0 radical (unpaired) electrons. The second-order valence-electron chi connectivity index (χ2n) is 6.34.